The molecule has 3 heterocycles. The Morgan fingerprint density at radius 2 is 2.03 bits per heavy atom. The smallest absolute Gasteiger partial charge is 0.227 e. The first kappa shape index (κ1) is 19.8. The maximum Gasteiger partial charge on any atom is 0.227 e. The van der Waals surface area contributed by atoms with Crippen LogP contribution in [0.1, 0.15) is 24.1 Å². The number of nitrogens with two attached hydrogens (primary N) is 1. The highest BCUT2D eigenvalue weighted by Gasteiger charge is 2.17. The second-order valence-electron chi connectivity index (χ2n) is 6.89. The van der Waals surface area contributed by atoms with Crippen molar-refractivity contribution >= 4 is 11.6 Å². The predicted octanol–water partition coefficient (Wildman–Crippen LogP) is 3.17. The summed E-state index contributed by atoms with van der Waals surface area (Å²) in [7, 11) is 0. The SMILES string of the molecule is N#Cc1cc(-c2ccnc(Nc3ccc(CN)nc3)n2)ccc1OC1CCOCC1. The Morgan fingerprint density at radius 3 is 2.77 bits per heavy atom. The number of ether oxygens (including phenoxy) is 2. The van der Waals surface area contributed by atoms with Gasteiger partial charge in [0.15, 0.2) is 0 Å². The van der Waals surface area contributed by atoms with Crippen LogP contribution in [0, 0.1) is 11.3 Å². The molecule has 1 aromatic carbocycles. The van der Waals surface area contributed by atoms with Crippen LogP contribution < -0.4 is 15.8 Å². The number of hydrogen-bond donors (Lipinski definition) is 2. The molecule has 1 saturated heterocycles. The molecule has 3 N–H and O–H groups in total. The molecule has 8 heteroatoms. The van der Waals surface area contributed by atoms with Crippen molar-refractivity contribution in [1.82, 2.24) is 15.0 Å². The molecule has 0 saturated carbocycles. The number of nitriles is 1. The van der Waals surface area contributed by atoms with Crippen molar-refractivity contribution < 1.29 is 9.47 Å². The second-order valence-corrected chi connectivity index (χ2v) is 6.89. The molecule has 3 aromatic rings. The van der Waals surface area contributed by atoms with Gasteiger partial charge in [-0.1, -0.05) is 0 Å². The third kappa shape index (κ3) is 4.71. The molecule has 0 aliphatic carbocycles. The fourth-order valence-electron chi connectivity index (χ4n) is 3.18. The topological polar surface area (TPSA) is 119 Å². The summed E-state index contributed by atoms with van der Waals surface area (Å²) < 4.78 is 11.4. The normalized spacial score (nSPS) is 14.1. The Bertz CT molecular complexity index is 1040. The first-order chi connectivity index (χ1) is 14.7. The van der Waals surface area contributed by atoms with Crippen LogP contribution >= 0.6 is 0 Å². The summed E-state index contributed by atoms with van der Waals surface area (Å²) in [6, 6.07) is 13.3. The Labute approximate surface area is 174 Å². The Morgan fingerprint density at radius 1 is 1.17 bits per heavy atom. The number of benzene rings is 1. The molecule has 30 heavy (non-hydrogen) atoms. The quantitative estimate of drug-likeness (QED) is 0.645. The van der Waals surface area contributed by atoms with E-state index in [-0.39, 0.29) is 6.10 Å². The molecule has 1 aliphatic rings. The highest BCUT2D eigenvalue weighted by molar-refractivity contribution is 5.65. The van der Waals surface area contributed by atoms with Gasteiger partial charge in [0.1, 0.15) is 17.9 Å². The highest BCUT2D eigenvalue weighted by Crippen LogP contribution is 2.28. The number of nitrogens with one attached hydrogen (secondary N) is 1. The van der Waals surface area contributed by atoms with Gasteiger partial charge in [-0.3, -0.25) is 4.98 Å². The van der Waals surface area contributed by atoms with Crippen molar-refractivity contribution in [3.63, 3.8) is 0 Å². The summed E-state index contributed by atoms with van der Waals surface area (Å²) in [6.45, 7) is 1.76. The monoisotopic (exact) mass is 402 g/mol. The highest BCUT2D eigenvalue weighted by atomic mass is 16.5. The zero-order valence-corrected chi connectivity index (χ0v) is 16.4. The van der Waals surface area contributed by atoms with Crippen LogP contribution in [0.25, 0.3) is 11.3 Å². The summed E-state index contributed by atoms with van der Waals surface area (Å²) in [5.74, 6) is 1.03. The van der Waals surface area contributed by atoms with Gasteiger partial charge in [0, 0.05) is 31.1 Å². The molecule has 2 aromatic heterocycles. The summed E-state index contributed by atoms with van der Waals surface area (Å²) >= 11 is 0. The van der Waals surface area contributed by atoms with Gasteiger partial charge in [0.05, 0.1) is 42.0 Å². The molecule has 0 unspecified atom stereocenters. The van der Waals surface area contributed by atoms with Gasteiger partial charge in [-0.05, 0) is 36.4 Å². The van der Waals surface area contributed by atoms with E-state index in [0.29, 0.717) is 42.7 Å². The first-order valence-electron chi connectivity index (χ1n) is 9.79. The standard InChI is InChI=1S/C22H22N6O2/c23-12-16-11-15(1-4-21(16)30-19-6-9-29-10-7-19)20-5-8-25-22(28-20)27-18-3-2-17(13-24)26-14-18/h1-5,8,11,14,19H,6-7,9-10,13,24H2,(H,25,27,28). The van der Waals surface area contributed by atoms with Crippen LogP contribution in [0.3, 0.4) is 0 Å². The van der Waals surface area contributed by atoms with E-state index >= 15 is 0 Å². The first-order valence-corrected chi connectivity index (χ1v) is 9.79. The van der Waals surface area contributed by atoms with E-state index in [0.717, 1.165) is 29.8 Å². The average molecular weight is 402 g/mol. The molecule has 0 spiro atoms. The zero-order chi connectivity index (χ0) is 20.8. The molecule has 152 valence electrons. The van der Waals surface area contributed by atoms with Crippen molar-refractivity contribution in [2.45, 2.75) is 25.5 Å². The van der Waals surface area contributed by atoms with Crippen molar-refractivity contribution in [3.8, 4) is 23.1 Å². The molecular weight excluding hydrogens is 380 g/mol. The maximum absolute atomic E-state index is 9.60. The fraction of sp³-hybridized carbons (Fsp3) is 0.273. The molecule has 4 rings (SSSR count). The minimum absolute atomic E-state index is 0.0748. The largest absolute Gasteiger partial charge is 0.489 e. The Balaban J connectivity index is 1.53. The lowest BCUT2D eigenvalue weighted by Crippen LogP contribution is -2.26. The van der Waals surface area contributed by atoms with Crippen molar-refractivity contribution in [2.24, 2.45) is 5.73 Å². The summed E-state index contributed by atoms with van der Waals surface area (Å²) in [5, 5.41) is 12.7. The maximum atomic E-state index is 9.60. The van der Waals surface area contributed by atoms with Crippen LogP contribution in [0.15, 0.2) is 48.8 Å². The lowest BCUT2D eigenvalue weighted by Gasteiger charge is -2.23. The molecule has 0 atom stereocenters. The summed E-state index contributed by atoms with van der Waals surface area (Å²) in [4.78, 5) is 13.1. The van der Waals surface area contributed by atoms with Gasteiger partial charge in [-0.25, -0.2) is 9.97 Å². The summed E-state index contributed by atoms with van der Waals surface area (Å²) in [6.07, 6.45) is 5.09. The minimum Gasteiger partial charge on any atom is -0.489 e. The van der Waals surface area contributed by atoms with E-state index in [1.165, 1.54) is 0 Å². The Hall–Kier alpha value is -3.54. The van der Waals surface area contributed by atoms with Gasteiger partial charge in [-0.15, -0.1) is 0 Å². The van der Waals surface area contributed by atoms with Gasteiger partial charge in [0.25, 0.3) is 0 Å². The third-order valence-electron chi connectivity index (χ3n) is 4.80. The van der Waals surface area contributed by atoms with Crippen molar-refractivity contribution in [3.05, 3.63) is 60.0 Å². The molecule has 1 aliphatic heterocycles. The van der Waals surface area contributed by atoms with Crippen LogP contribution in [0.5, 0.6) is 5.75 Å². The number of anilines is 2. The molecule has 0 amide bonds. The van der Waals surface area contributed by atoms with Gasteiger partial charge in [0.2, 0.25) is 5.95 Å². The van der Waals surface area contributed by atoms with Crippen LogP contribution in [0.4, 0.5) is 11.6 Å². The van der Waals surface area contributed by atoms with E-state index in [4.69, 9.17) is 15.2 Å². The van der Waals surface area contributed by atoms with E-state index in [9.17, 15) is 5.26 Å². The van der Waals surface area contributed by atoms with E-state index in [2.05, 4.69) is 26.3 Å². The number of aromatic nitrogens is 3. The molecule has 8 nitrogen and oxygen atoms in total. The van der Waals surface area contributed by atoms with Gasteiger partial charge < -0.3 is 20.5 Å². The number of hydrogen-bond acceptors (Lipinski definition) is 8. The molecule has 0 radical (unpaired) electrons. The number of pyridine rings is 1. The third-order valence-corrected chi connectivity index (χ3v) is 4.80. The van der Waals surface area contributed by atoms with E-state index in [1.54, 1.807) is 24.5 Å². The van der Waals surface area contributed by atoms with E-state index < -0.39 is 0 Å². The van der Waals surface area contributed by atoms with Gasteiger partial charge >= 0.3 is 0 Å². The van der Waals surface area contributed by atoms with Crippen LogP contribution in [-0.2, 0) is 11.3 Å². The zero-order valence-electron chi connectivity index (χ0n) is 16.4. The number of nitrogens with zero attached hydrogens (tertiary/aromatic N) is 4. The molecule has 0 bridgehead atoms. The van der Waals surface area contributed by atoms with Crippen LogP contribution in [0.2, 0.25) is 0 Å². The van der Waals surface area contributed by atoms with Crippen molar-refractivity contribution in [1.29, 1.82) is 5.26 Å². The van der Waals surface area contributed by atoms with Crippen molar-refractivity contribution in [2.75, 3.05) is 18.5 Å². The average Bonchev–Trinajstić information content (AvgIpc) is 2.81. The summed E-state index contributed by atoms with van der Waals surface area (Å²) in [5.41, 5.74) is 9.15. The lowest BCUT2D eigenvalue weighted by molar-refractivity contribution is 0.0254. The van der Waals surface area contributed by atoms with Crippen LogP contribution in [-0.4, -0.2) is 34.3 Å². The van der Waals surface area contributed by atoms with E-state index in [1.807, 2.05) is 24.3 Å². The number of rotatable bonds is 6. The molecule has 1 fully saturated rings. The lowest BCUT2D eigenvalue weighted by atomic mass is 10.1. The predicted molar refractivity (Wildman–Crippen MR) is 112 cm³/mol. The molecular formula is C22H22N6O2. The Kier molecular flexibility index (Phi) is 6.13. The second kappa shape index (κ2) is 9.31. The minimum atomic E-state index is 0.0748. The van der Waals surface area contributed by atoms with Gasteiger partial charge in [-0.2, -0.15) is 5.26 Å². The fourth-order valence-corrected chi connectivity index (χ4v) is 3.18.